The maximum absolute atomic E-state index is 9.87. The maximum atomic E-state index is 9.87. The lowest BCUT2D eigenvalue weighted by atomic mass is 9.75. The largest absolute Gasteiger partial charge is 0.192 e. The third-order valence-electron chi connectivity index (χ3n) is 6.33. The van der Waals surface area contributed by atoms with Crippen LogP contribution in [0.25, 0.3) is 11.1 Å². The lowest BCUT2D eigenvalue weighted by Crippen LogP contribution is -2.15. The number of nitriles is 2. The van der Waals surface area contributed by atoms with E-state index in [2.05, 4.69) is 44.2 Å². The van der Waals surface area contributed by atoms with Crippen LogP contribution in [-0.2, 0) is 0 Å². The first-order valence-corrected chi connectivity index (χ1v) is 10.7. The molecular formula is C26H30N2. The van der Waals surface area contributed by atoms with Gasteiger partial charge in [-0.05, 0) is 55.6 Å². The van der Waals surface area contributed by atoms with Crippen LogP contribution < -0.4 is 0 Å². The summed E-state index contributed by atoms with van der Waals surface area (Å²) in [6.45, 7) is 4.31. The van der Waals surface area contributed by atoms with Crippen LogP contribution >= 0.6 is 0 Å². The summed E-state index contributed by atoms with van der Waals surface area (Å²) >= 11 is 0. The molecule has 0 atom stereocenters. The van der Waals surface area contributed by atoms with Gasteiger partial charge in [0.15, 0.2) is 0 Å². The van der Waals surface area contributed by atoms with E-state index in [1.807, 2.05) is 18.2 Å². The summed E-state index contributed by atoms with van der Waals surface area (Å²) in [6, 6.07) is 17.0. The molecule has 28 heavy (non-hydrogen) atoms. The van der Waals surface area contributed by atoms with Crippen molar-refractivity contribution in [2.24, 2.45) is 5.92 Å². The van der Waals surface area contributed by atoms with Gasteiger partial charge in [-0.3, -0.25) is 0 Å². The third kappa shape index (κ3) is 4.45. The summed E-state index contributed by atoms with van der Waals surface area (Å²) in [6.07, 6.45) is 10.1. The van der Waals surface area contributed by atoms with Crippen LogP contribution in [0.3, 0.4) is 0 Å². The molecule has 0 saturated heterocycles. The van der Waals surface area contributed by atoms with Crippen LogP contribution in [0, 0.1) is 35.5 Å². The highest BCUT2D eigenvalue weighted by Gasteiger charge is 2.26. The first-order valence-electron chi connectivity index (χ1n) is 10.7. The van der Waals surface area contributed by atoms with Gasteiger partial charge >= 0.3 is 0 Å². The molecule has 0 unspecified atom stereocenters. The van der Waals surface area contributed by atoms with E-state index in [4.69, 9.17) is 0 Å². The summed E-state index contributed by atoms with van der Waals surface area (Å²) < 4.78 is 0. The number of nitrogens with zero attached hydrogens (tertiary/aromatic N) is 2. The minimum Gasteiger partial charge on any atom is -0.192 e. The molecule has 0 aromatic heterocycles. The van der Waals surface area contributed by atoms with Crippen molar-refractivity contribution < 1.29 is 0 Å². The first-order chi connectivity index (χ1) is 13.7. The van der Waals surface area contributed by atoms with Crippen LogP contribution in [0.15, 0.2) is 36.4 Å². The Morgan fingerprint density at radius 1 is 0.857 bits per heavy atom. The van der Waals surface area contributed by atoms with Crippen molar-refractivity contribution >= 4 is 0 Å². The normalized spacial score (nSPS) is 19.0. The number of aryl methyl sites for hydroxylation is 1. The van der Waals surface area contributed by atoms with Gasteiger partial charge in [-0.15, -0.1) is 0 Å². The Hall–Kier alpha value is -2.58. The van der Waals surface area contributed by atoms with E-state index in [9.17, 15) is 10.5 Å². The highest BCUT2D eigenvalue weighted by molar-refractivity contribution is 5.75. The minimum atomic E-state index is 0.413. The molecule has 1 aliphatic rings. The Labute approximate surface area is 169 Å². The lowest BCUT2D eigenvalue weighted by molar-refractivity contribution is 0.302. The van der Waals surface area contributed by atoms with E-state index in [1.54, 1.807) is 0 Å². The molecule has 0 radical (unpaired) electrons. The highest BCUT2D eigenvalue weighted by Crippen LogP contribution is 2.40. The van der Waals surface area contributed by atoms with Gasteiger partial charge in [0, 0.05) is 5.56 Å². The van der Waals surface area contributed by atoms with Crippen molar-refractivity contribution in [2.75, 3.05) is 0 Å². The molecule has 0 amide bonds. The van der Waals surface area contributed by atoms with Gasteiger partial charge < -0.3 is 0 Å². The van der Waals surface area contributed by atoms with Crippen molar-refractivity contribution in [3.63, 3.8) is 0 Å². The summed E-state index contributed by atoms with van der Waals surface area (Å²) in [5, 5.41) is 19.7. The van der Waals surface area contributed by atoms with Crippen LogP contribution in [0.1, 0.15) is 86.5 Å². The second kappa shape index (κ2) is 9.57. The van der Waals surface area contributed by atoms with E-state index in [-0.39, 0.29) is 0 Å². The average Bonchev–Trinajstić information content (AvgIpc) is 2.74. The van der Waals surface area contributed by atoms with Gasteiger partial charge in [-0.2, -0.15) is 10.5 Å². The third-order valence-corrected chi connectivity index (χ3v) is 6.33. The number of hydrogen-bond acceptors (Lipinski definition) is 2. The monoisotopic (exact) mass is 370 g/mol. The second-order valence-electron chi connectivity index (χ2n) is 8.26. The van der Waals surface area contributed by atoms with E-state index < -0.39 is 0 Å². The molecule has 144 valence electrons. The van der Waals surface area contributed by atoms with E-state index in [0.717, 1.165) is 35.4 Å². The molecule has 0 bridgehead atoms. The number of rotatable bonds is 6. The molecular weight excluding hydrogens is 340 g/mol. The molecule has 0 aliphatic heterocycles. The fourth-order valence-electron chi connectivity index (χ4n) is 4.61. The Kier molecular flexibility index (Phi) is 6.89. The Bertz CT molecular complexity index is 872. The standard InChI is InChI=1S/C26H30N2/c1-3-4-5-6-20-9-13-22(14-10-20)24-16-15-23(25(17-27)26(24)18-28)21-11-7-19(2)8-12-21/h7-8,11-12,15-16,20,22H,3-6,9-10,13-14H2,1-2H3. The molecule has 0 spiro atoms. The molecule has 2 heteroatoms. The van der Waals surface area contributed by atoms with Gasteiger partial charge in [0.1, 0.15) is 12.1 Å². The summed E-state index contributed by atoms with van der Waals surface area (Å²) in [4.78, 5) is 0. The first kappa shape index (κ1) is 20.2. The van der Waals surface area contributed by atoms with Gasteiger partial charge in [0.25, 0.3) is 0 Å². The zero-order valence-electron chi connectivity index (χ0n) is 17.2. The summed E-state index contributed by atoms with van der Waals surface area (Å²) in [5.41, 5.74) is 5.28. The molecule has 0 N–H and O–H groups in total. The Balaban J connectivity index is 1.83. The fourth-order valence-corrected chi connectivity index (χ4v) is 4.61. The topological polar surface area (TPSA) is 47.6 Å². The number of unbranched alkanes of at least 4 members (excludes halogenated alkanes) is 2. The van der Waals surface area contributed by atoms with E-state index in [0.29, 0.717) is 17.0 Å². The van der Waals surface area contributed by atoms with Crippen LogP contribution in [0.4, 0.5) is 0 Å². The zero-order chi connectivity index (χ0) is 19.9. The highest BCUT2D eigenvalue weighted by atomic mass is 14.3. The van der Waals surface area contributed by atoms with E-state index in [1.165, 1.54) is 44.1 Å². The molecule has 2 nitrogen and oxygen atoms in total. The fraction of sp³-hybridized carbons (Fsp3) is 0.462. The smallest absolute Gasteiger partial charge is 0.101 e. The second-order valence-corrected chi connectivity index (χ2v) is 8.26. The average molecular weight is 371 g/mol. The van der Waals surface area contributed by atoms with Gasteiger partial charge in [0.2, 0.25) is 0 Å². The maximum Gasteiger partial charge on any atom is 0.101 e. The molecule has 3 rings (SSSR count). The molecule has 1 fully saturated rings. The quantitative estimate of drug-likeness (QED) is 0.502. The summed E-state index contributed by atoms with van der Waals surface area (Å²) in [7, 11) is 0. The van der Waals surface area contributed by atoms with Gasteiger partial charge in [-0.1, -0.05) is 74.6 Å². The predicted octanol–water partition coefficient (Wildman–Crippen LogP) is 7.26. The van der Waals surface area contributed by atoms with Crippen LogP contribution in [0.5, 0.6) is 0 Å². The van der Waals surface area contributed by atoms with Crippen LogP contribution in [-0.4, -0.2) is 0 Å². The molecule has 1 aliphatic carbocycles. The lowest BCUT2D eigenvalue weighted by Gasteiger charge is -2.29. The van der Waals surface area contributed by atoms with Crippen molar-refractivity contribution in [3.8, 4) is 23.3 Å². The molecule has 2 aromatic carbocycles. The molecule has 2 aromatic rings. The van der Waals surface area contributed by atoms with Crippen molar-refractivity contribution in [1.82, 2.24) is 0 Å². The van der Waals surface area contributed by atoms with Crippen LogP contribution in [0.2, 0.25) is 0 Å². The Morgan fingerprint density at radius 3 is 2.14 bits per heavy atom. The molecule has 1 saturated carbocycles. The van der Waals surface area contributed by atoms with E-state index >= 15 is 0 Å². The summed E-state index contributed by atoms with van der Waals surface area (Å²) in [5.74, 6) is 1.26. The zero-order valence-corrected chi connectivity index (χ0v) is 17.2. The van der Waals surface area contributed by atoms with Gasteiger partial charge in [0.05, 0.1) is 11.1 Å². The van der Waals surface area contributed by atoms with Crippen molar-refractivity contribution in [1.29, 1.82) is 10.5 Å². The van der Waals surface area contributed by atoms with Crippen molar-refractivity contribution in [2.45, 2.75) is 71.1 Å². The number of benzene rings is 2. The Morgan fingerprint density at radius 2 is 1.54 bits per heavy atom. The SMILES string of the molecule is CCCCCC1CCC(c2ccc(-c3ccc(C)cc3)c(C#N)c2C#N)CC1. The predicted molar refractivity (Wildman–Crippen MR) is 115 cm³/mol. The van der Waals surface area contributed by atoms with Crippen molar-refractivity contribution in [3.05, 3.63) is 58.7 Å². The minimum absolute atomic E-state index is 0.413. The molecule has 0 heterocycles. The number of hydrogen-bond donors (Lipinski definition) is 0. The van der Waals surface area contributed by atoms with Gasteiger partial charge in [-0.25, -0.2) is 0 Å².